The summed E-state index contributed by atoms with van der Waals surface area (Å²) in [6.07, 6.45) is 0. The van der Waals surface area contributed by atoms with E-state index < -0.39 is 0 Å². The lowest BCUT2D eigenvalue weighted by molar-refractivity contribution is -0.125. The number of nitrogens with zero attached hydrogens (tertiary/aromatic N) is 1. The summed E-state index contributed by atoms with van der Waals surface area (Å²) in [6, 6.07) is 7.06. The fraction of sp³-hybridized carbons (Fsp3) is 0.357. The molecule has 0 aliphatic carbocycles. The molecule has 22 heavy (non-hydrogen) atoms. The first-order chi connectivity index (χ1) is 10.0. The van der Waals surface area contributed by atoms with Gasteiger partial charge in [-0.3, -0.25) is 19.3 Å². The molecule has 3 amide bonds. The zero-order chi connectivity index (χ0) is 15.4. The van der Waals surface area contributed by atoms with E-state index in [2.05, 4.69) is 5.32 Å². The Balaban J connectivity index is 0.00000242. The van der Waals surface area contributed by atoms with E-state index in [0.717, 1.165) is 17.3 Å². The summed E-state index contributed by atoms with van der Waals surface area (Å²) in [5.74, 6) is -0.337. The third-order valence-electron chi connectivity index (χ3n) is 3.20. The second kappa shape index (κ2) is 8.17. The van der Waals surface area contributed by atoms with Gasteiger partial charge in [0.25, 0.3) is 5.24 Å². The molecule has 1 heterocycles. The summed E-state index contributed by atoms with van der Waals surface area (Å²) in [4.78, 5) is 36.0. The van der Waals surface area contributed by atoms with E-state index in [9.17, 15) is 14.4 Å². The van der Waals surface area contributed by atoms with Crippen LogP contribution in [0.1, 0.15) is 12.5 Å². The van der Waals surface area contributed by atoms with Gasteiger partial charge in [-0.25, -0.2) is 0 Å². The lowest BCUT2D eigenvalue weighted by atomic mass is 10.1. The van der Waals surface area contributed by atoms with Crippen LogP contribution in [0.15, 0.2) is 24.3 Å². The summed E-state index contributed by atoms with van der Waals surface area (Å²) >= 11 is 1.02. The van der Waals surface area contributed by atoms with Crippen molar-refractivity contribution in [3.05, 3.63) is 29.8 Å². The summed E-state index contributed by atoms with van der Waals surface area (Å²) in [5.41, 5.74) is 6.94. The van der Waals surface area contributed by atoms with Crippen LogP contribution < -0.4 is 11.1 Å². The topological polar surface area (TPSA) is 92.5 Å². The minimum absolute atomic E-state index is 0. The van der Waals surface area contributed by atoms with Crippen molar-refractivity contribution in [3.63, 3.8) is 0 Å². The Morgan fingerprint density at radius 1 is 1.36 bits per heavy atom. The van der Waals surface area contributed by atoms with Crippen LogP contribution in [0.25, 0.3) is 0 Å². The van der Waals surface area contributed by atoms with Gasteiger partial charge in [0.1, 0.15) is 0 Å². The molecule has 0 saturated carbocycles. The van der Waals surface area contributed by atoms with Crippen molar-refractivity contribution in [2.24, 2.45) is 11.7 Å². The molecule has 0 bridgehead atoms. The van der Waals surface area contributed by atoms with Gasteiger partial charge in [-0.05, 0) is 17.7 Å². The highest BCUT2D eigenvalue weighted by Gasteiger charge is 2.29. The highest BCUT2D eigenvalue weighted by atomic mass is 35.5. The second-order valence-corrected chi connectivity index (χ2v) is 5.78. The van der Waals surface area contributed by atoms with Crippen LogP contribution in [0.3, 0.4) is 0 Å². The maximum absolute atomic E-state index is 11.7. The minimum Gasteiger partial charge on any atom is -0.330 e. The van der Waals surface area contributed by atoms with Crippen molar-refractivity contribution in [1.82, 2.24) is 4.90 Å². The van der Waals surface area contributed by atoms with Gasteiger partial charge in [-0.2, -0.15) is 0 Å². The van der Waals surface area contributed by atoms with Crippen LogP contribution >= 0.6 is 24.2 Å². The van der Waals surface area contributed by atoms with E-state index in [1.54, 1.807) is 31.2 Å². The smallest absolute Gasteiger partial charge is 0.289 e. The molecule has 1 aliphatic heterocycles. The SMILES string of the molecule is CC(CN)C(=O)Nc1ccc(CN2C(=O)CSC2=O)cc1.Cl. The Labute approximate surface area is 139 Å². The number of thioether (sulfide) groups is 1. The Kier molecular flexibility index (Phi) is 6.86. The van der Waals surface area contributed by atoms with Crippen molar-refractivity contribution < 1.29 is 14.4 Å². The number of nitrogens with one attached hydrogen (secondary N) is 1. The Hall–Kier alpha value is -1.57. The van der Waals surface area contributed by atoms with E-state index >= 15 is 0 Å². The molecule has 120 valence electrons. The predicted molar refractivity (Wildman–Crippen MR) is 88.9 cm³/mol. The first kappa shape index (κ1) is 18.5. The lowest BCUT2D eigenvalue weighted by Gasteiger charge is -2.14. The largest absolute Gasteiger partial charge is 0.330 e. The first-order valence-electron chi connectivity index (χ1n) is 6.58. The fourth-order valence-electron chi connectivity index (χ4n) is 1.78. The van der Waals surface area contributed by atoms with Gasteiger partial charge >= 0.3 is 0 Å². The zero-order valence-electron chi connectivity index (χ0n) is 12.1. The predicted octanol–water partition coefficient (Wildman–Crippen LogP) is 1.84. The number of nitrogens with two attached hydrogens (primary N) is 1. The highest BCUT2D eigenvalue weighted by molar-refractivity contribution is 8.14. The average molecular weight is 344 g/mol. The molecule has 6 nitrogen and oxygen atoms in total. The molecule has 1 fully saturated rings. The summed E-state index contributed by atoms with van der Waals surface area (Å²) in [6.45, 7) is 2.31. The fourth-order valence-corrected chi connectivity index (χ4v) is 2.51. The van der Waals surface area contributed by atoms with Gasteiger partial charge in [0.15, 0.2) is 0 Å². The number of halogens is 1. The van der Waals surface area contributed by atoms with Crippen LogP contribution in [0, 0.1) is 5.92 Å². The normalized spacial score (nSPS) is 15.5. The number of imide groups is 1. The number of carbonyl (C=O) groups excluding carboxylic acids is 3. The van der Waals surface area contributed by atoms with Crippen molar-refractivity contribution in [2.75, 3.05) is 17.6 Å². The molecular formula is C14H18ClN3O3S. The van der Waals surface area contributed by atoms with Crippen molar-refractivity contribution in [1.29, 1.82) is 0 Å². The molecular weight excluding hydrogens is 326 g/mol. The lowest BCUT2D eigenvalue weighted by Crippen LogP contribution is -2.28. The van der Waals surface area contributed by atoms with Gasteiger partial charge in [0.2, 0.25) is 11.8 Å². The zero-order valence-corrected chi connectivity index (χ0v) is 13.7. The van der Waals surface area contributed by atoms with E-state index in [-0.39, 0.29) is 47.7 Å². The van der Waals surface area contributed by atoms with E-state index in [4.69, 9.17) is 5.73 Å². The van der Waals surface area contributed by atoms with Crippen LogP contribution in [0.2, 0.25) is 0 Å². The summed E-state index contributed by atoms with van der Waals surface area (Å²) in [7, 11) is 0. The molecule has 1 saturated heterocycles. The number of carbonyl (C=O) groups is 3. The van der Waals surface area contributed by atoms with Gasteiger partial charge in [-0.1, -0.05) is 30.8 Å². The van der Waals surface area contributed by atoms with Crippen LogP contribution in [-0.2, 0) is 16.1 Å². The Morgan fingerprint density at radius 2 is 2.00 bits per heavy atom. The van der Waals surface area contributed by atoms with Crippen molar-refractivity contribution in [3.8, 4) is 0 Å². The monoisotopic (exact) mass is 343 g/mol. The van der Waals surface area contributed by atoms with Gasteiger partial charge in [0.05, 0.1) is 12.3 Å². The third-order valence-corrected chi connectivity index (χ3v) is 4.06. The average Bonchev–Trinajstić information content (AvgIpc) is 2.80. The van der Waals surface area contributed by atoms with Gasteiger partial charge in [-0.15, -0.1) is 12.4 Å². The quantitative estimate of drug-likeness (QED) is 0.851. The number of hydrogen-bond donors (Lipinski definition) is 2. The third kappa shape index (κ3) is 4.46. The standard InChI is InChI=1S/C14H17N3O3S.ClH/c1-9(6-15)13(19)16-11-4-2-10(3-5-11)7-17-12(18)8-21-14(17)20;/h2-5,9H,6-8,15H2,1H3,(H,16,19);1H. The number of anilines is 1. The van der Waals surface area contributed by atoms with E-state index in [0.29, 0.717) is 12.2 Å². The molecule has 8 heteroatoms. The Morgan fingerprint density at radius 3 is 2.50 bits per heavy atom. The van der Waals surface area contributed by atoms with E-state index in [1.807, 2.05) is 0 Å². The second-order valence-electron chi connectivity index (χ2n) is 4.86. The number of rotatable bonds is 5. The minimum atomic E-state index is -0.249. The molecule has 1 aliphatic rings. The van der Waals surface area contributed by atoms with Crippen molar-refractivity contribution >= 4 is 46.9 Å². The molecule has 1 atom stereocenters. The molecule has 0 radical (unpaired) electrons. The number of amides is 3. The van der Waals surface area contributed by atoms with Crippen LogP contribution in [0.4, 0.5) is 10.5 Å². The molecule has 3 N–H and O–H groups in total. The molecule has 1 unspecified atom stereocenters. The van der Waals surface area contributed by atoms with Crippen molar-refractivity contribution in [2.45, 2.75) is 13.5 Å². The number of hydrogen-bond acceptors (Lipinski definition) is 5. The van der Waals surface area contributed by atoms with Crippen LogP contribution in [-0.4, -0.2) is 34.3 Å². The van der Waals surface area contributed by atoms with Crippen LogP contribution in [0.5, 0.6) is 0 Å². The summed E-state index contributed by atoms with van der Waals surface area (Å²) in [5, 5.41) is 2.55. The highest BCUT2D eigenvalue weighted by Crippen LogP contribution is 2.21. The summed E-state index contributed by atoms with van der Waals surface area (Å²) < 4.78 is 0. The maximum Gasteiger partial charge on any atom is 0.289 e. The van der Waals surface area contributed by atoms with E-state index in [1.165, 1.54) is 4.90 Å². The molecule has 0 spiro atoms. The number of benzene rings is 1. The molecule has 1 aromatic rings. The first-order valence-corrected chi connectivity index (χ1v) is 7.57. The molecule has 2 rings (SSSR count). The maximum atomic E-state index is 11.7. The molecule has 0 aromatic heterocycles. The Bertz CT molecular complexity index is 549. The van der Waals surface area contributed by atoms with Gasteiger partial charge in [0, 0.05) is 18.2 Å². The molecule has 1 aromatic carbocycles. The van der Waals surface area contributed by atoms with Gasteiger partial charge < -0.3 is 11.1 Å².